The Balaban J connectivity index is 1.38. The minimum absolute atomic E-state index is 0.608. The van der Waals surface area contributed by atoms with Crippen LogP contribution in [0.15, 0.2) is 89.5 Å². The molecule has 0 spiro atoms. The lowest BCUT2D eigenvalue weighted by Crippen LogP contribution is -2.00. The third kappa shape index (κ3) is 3.86. The minimum Gasteiger partial charge on any atom is -0.289 e. The van der Waals surface area contributed by atoms with Crippen LogP contribution in [0.1, 0.15) is 16.8 Å². The van der Waals surface area contributed by atoms with Crippen LogP contribution >= 0.6 is 11.3 Å². The van der Waals surface area contributed by atoms with E-state index in [1.807, 2.05) is 52.4 Å². The number of nitrogens with one attached hydrogen (secondary N) is 1. The molecule has 1 N–H and O–H groups in total. The number of hydrogen-bond donors (Lipinski definition) is 1. The molecular formula is C28H22N6S. The summed E-state index contributed by atoms with van der Waals surface area (Å²) in [5.74, 6) is 0.608. The summed E-state index contributed by atoms with van der Waals surface area (Å²) in [5, 5.41) is 17.6. The largest absolute Gasteiger partial charge is 0.289 e. The van der Waals surface area contributed by atoms with Crippen LogP contribution < -0.4 is 5.43 Å². The fourth-order valence-electron chi connectivity index (χ4n) is 4.18. The van der Waals surface area contributed by atoms with Crippen LogP contribution in [-0.2, 0) is 0 Å². The number of nitrogens with zero attached hydrogens (tertiary/aromatic N) is 5. The average molecular weight is 475 g/mol. The Morgan fingerprint density at radius 3 is 2.46 bits per heavy atom. The molecule has 0 atom stereocenters. The summed E-state index contributed by atoms with van der Waals surface area (Å²) in [5.41, 5.74) is 10.4. The lowest BCUT2D eigenvalue weighted by atomic mass is 10.0. The van der Waals surface area contributed by atoms with Gasteiger partial charge in [0.05, 0.1) is 17.6 Å². The maximum Gasteiger partial charge on any atom is 0.194 e. The molecule has 6 rings (SSSR count). The number of benzene rings is 3. The number of hydrazone groups is 1. The van der Waals surface area contributed by atoms with Gasteiger partial charge in [0.15, 0.2) is 10.8 Å². The molecule has 0 unspecified atom stereocenters. The number of imidazole rings is 1. The van der Waals surface area contributed by atoms with Crippen LogP contribution in [-0.4, -0.2) is 25.8 Å². The Morgan fingerprint density at radius 2 is 1.63 bits per heavy atom. The van der Waals surface area contributed by atoms with Gasteiger partial charge in [-0.05, 0) is 31.0 Å². The second kappa shape index (κ2) is 8.77. The molecule has 0 aliphatic rings. The van der Waals surface area contributed by atoms with Crippen molar-refractivity contribution in [2.75, 3.05) is 5.43 Å². The lowest BCUT2D eigenvalue weighted by Gasteiger charge is -2.10. The summed E-state index contributed by atoms with van der Waals surface area (Å²) < 4.78 is 2.05. The number of aromatic nitrogens is 4. The summed E-state index contributed by atoms with van der Waals surface area (Å²) >= 11 is 1.60. The highest BCUT2D eigenvalue weighted by Crippen LogP contribution is 2.31. The molecule has 3 aromatic heterocycles. The summed E-state index contributed by atoms with van der Waals surface area (Å²) in [6, 6.07) is 24.7. The number of rotatable bonds is 5. The predicted molar refractivity (Wildman–Crippen MR) is 144 cm³/mol. The molecule has 0 aliphatic carbocycles. The van der Waals surface area contributed by atoms with Crippen molar-refractivity contribution in [2.24, 2.45) is 5.10 Å². The molecule has 7 heteroatoms. The predicted octanol–water partition coefficient (Wildman–Crippen LogP) is 6.74. The molecule has 6 aromatic rings. The highest BCUT2D eigenvalue weighted by Gasteiger charge is 2.14. The van der Waals surface area contributed by atoms with Gasteiger partial charge in [0.2, 0.25) is 0 Å². The number of fused-ring (bicyclic) bond motifs is 2. The SMILES string of the molecule is Cc1ccc(-c2nnc(N/N=C/c3c(-c4ccccc4)nc4sccn34)c3ccccc23)cc1C. The summed E-state index contributed by atoms with van der Waals surface area (Å²) in [6.45, 7) is 4.23. The number of hydrogen-bond acceptors (Lipinski definition) is 6. The Kier molecular flexibility index (Phi) is 5.31. The molecule has 0 aliphatic heterocycles. The van der Waals surface area contributed by atoms with Crippen LogP contribution in [0.3, 0.4) is 0 Å². The molecule has 3 aromatic carbocycles. The van der Waals surface area contributed by atoms with Gasteiger partial charge in [-0.1, -0.05) is 66.7 Å². The zero-order valence-electron chi connectivity index (χ0n) is 19.3. The van der Waals surface area contributed by atoms with Gasteiger partial charge in [-0.15, -0.1) is 21.5 Å². The van der Waals surface area contributed by atoms with E-state index in [4.69, 9.17) is 4.98 Å². The standard InChI is InChI=1S/C28H22N6S/c1-18-12-13-21(16-19(18)2)25-22-10-6-7-11-23(22)27(33-31-25)32-29-17-24-26(20-8-4-3-5-9-20)30-28-34(24)14-15-35-28/h3-17H,1-2H3,(H,32,33)/b29-17+. The van der Waals surface area contributed by atoms with Gasteiger partial charge < -0.3 is 0 Å². The van der Waals surface area contributed by atoms with Gasteiger partial charge in [-0.25, -0.2) is 4.98 Å². The zero-order valence-corrected chi connectivity index (χ0v) is 20.1. The molecule has 0 bridgehead atoms. The first-order valence-corrected chi connectivity index (χ1v) is 12.2. The number of aryl methyl sites for hydroxylation is 2. The van der Waals surface area contributed by atoms with Gasteiger partial charge >= 0.3 is 0 Å². The van der Waals surface area contributed by atoms with E-state index in [9.17, 15) is 0 Å². The van der Waals surface area contributed by atoms with Gasteiger partial charge in [0.25, 0.3) is 0 Å². The van der Waals surface area contributed by atoms with Crippen LogP contribution in [0.2, 0.25) is 0 Å². The smallest absolute Gasteiger partial charge is 0.194 e. The van der Waals surface area contributed by atoms with E-state index in [0.717, 1.165) is 43.9 Å². The topological polar surface area (TPSA) is 67.5 Å². The summed E-state index contributed by atoms with van der Waals surface area (Å²) in [6.07, 6.45) is 3.80. The van der Waals surface area contributed by atoms with E-state index in [0.29, 0.717) is 5.82 Å². The fourth-order valence-corrected chi connectivity index (χ4v) is 4.90. The van der Waals surface area contributed by atoms with E-state index in [1.165, 1.54) is 11.1 Å². The van der Waals surface area contributed by atoms with E-state index in [1.54, 1.807) is 17.6 Å². The van der Waals surface area contributed by atoms with Crippen LogP contribution in [0.4, 0.5) is 5.82 Å². The lowest BCUT2D eigenvalue weighted by molar-refractivity contribution is 1.04. The molecule has 3 heterocycles. The van der Waals surface area contributed by atoms with Crippen molar-refractivity contribution in [3.63, 3.8) is 0 Å². The average Bonchev–Trinajstić information content (AvgIpc) is 3.49. The quantitative estimate of drug-likeness (QED) is 0.222. The van der Waals surface area contributed by atoms with E-state index >= 15 is 0 Å². The Bertz CT molecular complexity index is 1700. The summed E-state index contributed by atoms with van der Waals surface area (Å²) in [7, 11) is 0. The molecule has 35 heavy (non-hydrogen) atoms. The highest BCUT2D eigenvalue weighted by molar-refractivity contribution is 7.15. The maximum absolute atomic E-state index is 4.81. The molecule has 0 fully saturated rings. The summed E-state index contributed by atoms with van der Waals surface area (Å²) in [4.78, 5) is 5.74. The van der Waals surface area contributed by atoms with Crippen molar-refractivity contribution < 1.29 is 0 Å². The second-order valence-electron chi connectivity index (χ2n) is 8.38. The molecule has 170 valence electrons. The van der Waals surface area contributed by atoms with Gasteiger partial charge in [-0.2, -0.15) is 5.10 Å². The Labute approximate surface area is 206 Å². The monoisotopic (exact) mass is 474 g/mol. The molecule has 0 saturated carbocycles. The van der Waals surface area contributed by atoms with Gasteiger partial charge in [0, 0.05) is 33.5 Å². The van der Waals surface area contributed by atoms with Crippen molar-refractivity contribution in [2.45, 2.75) is 13.8 Å². The van der Waals surface area contributed by atoms with Crippen molar-refractivity contribution >= 4 is 39.1 Å². The molecule has 0 saturated heterocycles. The van der Waals surface area contributed by atoms with E-state index in [-0.39, 0.29) is 0 Å². The van der Waals surface area contributed by atoms with Crippen molar-refractivity contribution in [3.05, 3.63) is 101 Å². The van der Waals surface area contributed by atoms with E-state index in [2.05, 4.69) is 71.0 Å². The Hall–Kier alpha value is -4.36. The van der Waals surface area contributed by atoms with Gasteiger partial charge in [-0.3, -0.25) is 9.83 Å². The third-order valence-electron chi connectivity index (χ3n) is 6.17. The first kappa shape index (κ1) is 21.2. The first-order valence-electron chi connectivity index (χ1n) is 11.3. The number of thiazole rings is 1. The Morgan fingerprint density at radius 1 is 0.829 bits per heavy atom. The van der Waals surface area contributed by atoms with Crippen molar-refractivity contribution in [1.29, 1.82) is 0 Å². The van der Waals surface area contributed by atoms with Crippen LogP contribution in [0.25, 0.3) is 38.2 Å². The molecular weight excluding hydrogens is 452 g/mol. The minimum atomic E-state index is 0.608. The maximum atomic E-state index is 4.81. The van der Waals surface area contributed by atoms with Gasteiger partial charge in [0.1, 0.15) is 5.69 Å². The second-order valence-corrected chi connectivity index (χ2v) is 9.25. The molecule has 6 nitrogen and oxygen atoms in total. The zero-order chi connectivity index (χ0) is 23.8. The third-order valence-corrected chi connectivity index (χ3v) is 6.93. The van der Waals surface area contributed by atoms with Crippen LogP contribution in [0.5, 0.6) is 0 Å². The first-order chi connectivity index (χ1) is 17.2. The van der Waals surface area contributed by atoms with Crippen LogP contribution in [0, 0.1) is 13.8 Å². The fraction of sp³-hybridized carbons (Fsp3) is 0.0714. The van der Waals surface area contributed by atoms with E-state index < -0.39 is 0 Å². The van der Waals surface area contributed by atoms with Crippen molar-refractivity contribution in [1.82, 2.24) is 19.6 Å². The molecule has 0 radical (unpaired) electrons. The normalized spacial score (nSPS) is 11.6. The van der Waals surface area contributed by atoms with Crippen molar-refractivity contribution in [3.8, 4) is 22.5 Å². The highest BCUT2D eigenvalue weighted by atomic mass is 32.1. The number of anilines is 1. The molecule has 0 amide bonds.